The predicted molar refractivity (Wildman–Crippen MR) is 121 cm³/mol. The topological polar surface area (TPSA) is 83.9 Å². The van der Waals surface area contributed by atoms with Gasteiger partial charge in [0.1, 0.15) is 6.10 Å². The summed E-state index contributed by atoms with van der Waals surface area (Å²) in [6, 6.07) is 0.373. The van der Waals surface area contributed by atoms with Gasteiger partial charge in [0, 0.05) is 25.4 Å². The van der Waals surface area contributed by atoms with Crippen molar-refractivity contribution in [3.05, 3.63) is 0 Å². The fraction of sp³-hybridized carbons (Fsp3) is 0.885. The summed E-state index contributed by atoms with van der Waals surface area (Å²) in [6.07, 6.45) is 7.07. The largest absolute Gasteiger partial charge is 0.481 e. The minimum atomic E-state index is -0.964. The highest BCUT2D eigenvalue weighted by atomic mass is 16.5. The van der Waals surface area contributed by atoms with Crippen LogP contribution < -0.4 is 0 Å². The van der Waals surface area contributed by atoms with E-state index in [0.717, 1.165) is 19.3 Å². The molecule has 1 heterocycles. The molecule has 6 nitrogen and oxygen atoms in total. The highest BCUT2D eigenvalue weighted by molar-refractivity contribution is 5.77. The number of aliphatic carboxylic acids is 1. The van der Waals surface area contributed by atoms with Crippen LogP contribution in [0.2, 0.25) is 0 Å². The average Bonchev–Trinajstić information content (AvgIpc) is 2.99. The van der Waals surface area contributed by atoms with Crippen LogP contribution >= 0.6 is 0 Å². The number of carboxylic acid groups (broad SMARTS) is 1. The van der Waals surface area contributed by atoms with Crippen LogP contribution in [0.4, 0.5) is 0 Å². The summed E-state index contributed by atoms with van der Waals surface area (Å²) in [7, 11) is 2.01. The summed E-state index contributed by atoms with van der Waals surface area (Å²) < 4.78 is 5.79. The van der Waals surface area contributed by atoms with Crippen molar-refractivity contribution >= 4 is 17.8 Å². The Morgan fingerprint density at radius 3 is 2.53 bits per heavy atom. The zero-order valence-corrected chi connectivity index (χ0v) is 20.4. The molecule has 4 fully saturated rings. The van der Waals surface area contributed by atoms with Crippen LogP contribution in [-0.2, 0) is 19.1 Å². The maximum absolute atomic E-state index is 12.4. The monoisotopic (exact) mass is 447 g/mol. The molecule has 32 heavy (non-hydrogen) atoms. The van der Waals surface area contributed by atoms with E-state index in [1.165, 1.54) is 19.3 Å². The van der Waals surface area contributed by atoms with E-state index in [1.807, 2.05) is 18.9 Å². The number of likely N-dealkylation sites (tertiary alicyclic amines) is 1. The first-order chi connectivity index (χ1) is 15.0. The SMILES string of the molecule is CC1C[C@H]2[C@@H]3CCC4N(C)C(=O)CC[C@]4(C)[C@H]3CC[C@]2(C)[C@H]1C(C)OC(=O)CCC(=O)O. The molecule has 4 aliphatic rings. The summed E-state index contributed by atoms with van der Waals surface area (Å²) in [5.41, 5.74) is 0.357. The van der Waals surface area contributed by atoms with E-state index in [1.54, 1.807) is 0 Å². The van der Waals surface area contributed by atoms with Gasteiger partial charge in [-0.3, -0.25) is 14.4 Å². The van der Waals surface area contributed by atoms with Gasteiger partial charge in [-0.25, -0.2) is 0 Å². The van der Waals surface area contributed by atoms with E-state index in [9.17, 15) is 14.4 Å². The number of hydrogen-bond acceptors (Lipinski definition) is 4. The number of nitrogens with zero attached hydrogens (tertiary/aromatic N) is 1. The molecular weight excluding hydrogens is 406 g/mol. The number of piperidine rings is 1. The van der Waals surface area contributed by atoms with Crippen molar-refractivity contribution in [3.8, 4) is 0 Å². The second kappa shape index (κ2) is 8.32. The van der Waals surface area contributed by atoms with Crippen molar-refractivity contribution in [3.63, 3.8) is 0 Å². The van der Waals surface area contributed by atoms with Gasteiger partial charge >= 0.3 is 11.9 Å². The fourth-order valence-electron chi connectivity index (χ4n) is 9.10. The van der Waals surface area contributed by atoms with Gasteiger partial charge in [0.15, 0.2) is 0 Å². The molecule has 0 bridgehead atoms. The Hall–Kier alpha value is -1.59. The lowest BCUT2D eigenvalue weighted by Gasteiger charge is -2.62. The average molecular weight is 448 g/mol. The second-order valence-corrected chi connectivity index (χ2v) is 11.9. The zero-order chi connectivity index (χ0) is 23.4. The number of rotatable bonds is 5. The highest BCUT2D eigenvalue weighted by Gasteiger charge is 2.63. The van der Waals surface area contributed by atoms with Gasteiger partial charge in [-0.2, -0.15) is 0 Å². The van der Waals surface area contributed by atoms with Crippen LogP contribution in [-0.4, -0.2) is 47.0 Å². The van der Waals surface area contributed by atoms with E-state index in [-0.39, 0.29) is 29.8 Å². The lowest BCUT2D eigenvalue weighted by Crippen LogP contribution is -2.61. The molecule has 0 aromatic heterocycles. The van der Waals surface area contributed by atoms with Crippen LogP contribution in [0.15, 0.2) is 0 Å². The molecule has 0 spiro atoms. The van der Waals surface area contributed by atoms with E-state index in [4.69, 9.17) is 9.84 Å². The second-order valence-electron chi connectivity index (χ2n) is 11.9. The molecule has 4 rings (SSSR count). The molecule has 3 saturated carbocycles. The molecule has 1 amide bonds. The molecule has 9 atom stereocenters. The number of carboxylic acids is 1. The van der Waals surface area contributed by atoms with Gasteiger partial charge in [0.05, 0.1) is 12.8 Å². The van der Waals surface area contributed by atoms with E-state index >= 15 is 0 Å². The summed E-state index contributed by atoms with van der Waals surface area (Å²) in [5, 5.41) is 8.86. The number of amides is 1. The molecule has 0 aromatic carbocycles. The Balaban J connectivity index is 1.51. The molecule has 1 N–H and O–H groups in total. The van der Waals surface area contributed by atoms with Gasteiger partial charge in [0.25, 0.3) is 0 Å². The number of hydrogen-bond donors (Lipinski definition) is 1. The van der Waals surface area contributed by atoms with Crippen molar-refractivity contribution < 1.29 is 24.2 Å². The first-order valence-corrected chi connectivity index (χ1v) is 12.7. The van der Waals surface area contributed by atoms with E-state index in [2.05, 4.69) is 20.8 Å². The Morgan fingerprint density at radius 2 is 1.84 bits per heavy atom. The summed E-state index contributed by atoms with van der Waals surface area (Å²) in [5.74, 6) is 1.70. The van der Waals surface area contributed by atoms with E-state index < -0.39 is 11.9 Å². The number of carbonyl (C=O) groups is 3. The fourth-order valence-corrected chi connectivity index (χ4v) is 9.10. The number of fused-ring (bicyclic) bond motifs is 5. The van der Waals surface area contributed by atoms with Crippen molar-refractivity contribution in [2.45, 2.75) is 97.6 Å². The standard InChI is InChI=1S/C26H41NO5/c1-15-14-19-17-6-7-20-25(3,13-11-21(28)27(20)5)18(17)10-12-26(19,4)24(15)16(2)32-23(31)9-8-22(29)30/h15-20,24H,6-14H2,1-5H3,(H,29,30)/t15?,16?,17-,18+,19+,20?,24-,25-,26+/m1/s1. The van der Waals surface area contributed by atoms with Gasteiger partial charge in [0.2, 0.25) is 5.91 Å². The molecule has 0 radical (unpaired) electrons. The van der Waals surface area contributed by atoms with Crippen LogP contribution in [0.5, 0.6) is 0 Å². The molecule has 0 aromatic rings. The van der Waals surface area contributed by atoms with E-state index in [0.29, 0.717) is 48.0 Å². The predicted octanol–water partition coefficient (Wildman–Crippen LogP) is 4.51. The zero-order valence-electron chi connectivity index (χ0n) is 20.4. The minimum absolute atomic E-state index is 0.0579. The Bertz CT molecular complexity index is 782. The summed E-state index contributed by atoms with van der Waals surface area (Å²) >= 11 is 0. The first-order valence-electron chi connectivity index (χ1n) is 12.7. The first kappa shape index (κ1) is 23.6. The molecule has 3 unspecified atom stereocenters. The van der Waals surface area contributed by atoms with Gasteiger partial charge in [-0.1, -0.05) is 20.8 Å². The Morgan fingerprint density at radius 1 is 1.12 bits per heavy atom. The lowest BCUT2D eigenvalue weighted by atomic mass is 9.46. The Kier molecular flexibility index (Phi) is 6.13. The maximum Gasteiger partial charge on any atom is 0.306 e. The molecule has 180 valence electrons. The minimum Gasteiger partial charge on any atom is -0.481 e. The third kappa shape index (κ3) is 3.66. The third-order valence-corrected chi connectivity index (χ3v) is 10.4. The van der Waals surface area contributed by atoms with Crippen LogP contribution in [0.25, 0.3) is 0 Å². The van der Waals surface area contributed by atoms with Gasteiger partial charge in [-0.15, -0.1) is 0 Å². The van der Waals surface area contributed by atoms with Crippen molar-refractivity contribution in [1.29, 1.82) is 0 Å². The van der Waals surface area contributed by atoms with Crippen LogP contribution in [0.1, 0.15) is 85.5 Å². The quantitative estimate of drug-likeness (QED) is 0.627. The highest BCUT2D eigenvalue weighted by Crippen LogP contribution is 2.67. The number of ether oxygens (including phenoxy) is 1. The van der Waals surface area contributed by atoms with Gasteiger partial charge < -0.3 is 14.7 Å². The van der Waals surface area contributed by atoms with Crippen molar-refractivity contribution in [2.75, 3.05) is 7.05 Å². The Labute approximate surface area is 192 Å². The normalized spacial score (nSPS) is 44.3. The molecular formula is C26H41NO5. The molecule has 3 aliphatic carbocycles. The third-order valence-electron chi connectivity index (χ3n) is 10.4. The van der Waals surface area contributed by atoms with Crippen molar-refractivity contribution in [1.82, 2.24) is 4.90 Å². The van der Waals surface area contributed by atoms with Crippen LogP contribution in [0.3, 0.4) is 0 Å². The maximum atomic E-state index is 12.4. The molecule has 1 aliphatic heterocycles. The lowest BCUT2D eigenvalue weighted by molar-refractivity contribution is -0.165. The summed E-state index contributed by atoms with van der Waals surface area (Å²) in [6.45, 7) is 9.20. The van der Waals surface area contributed by atoms with Crippen LogP contribution in [0, 0.1) is 40.4 Å². The number of carbonyl (C=O) groups excluding carboxylic acids is 2. The van der Waals surface area contributed by atoms with Gasteiger partial charge in [-0.05, 0) is 80.0 Å². The summed E-state index contributed by atoms with van der Waals surface area (Å²) in [4.78, 5) is 37.5. The molecule has 6 heteroatoms. The molecule has 1 saturated heterocycles. The number of esters is 1. The van der Waals surface area contributed by atoms with Crippen molar-refractivity contribution in [2.24, 2.45) is 40.4 Å². The smallest absolute Gasteiger partial charge is 0.306 e.